The van der Waals surface area contributed by atoms with Gasteiger partial charge in [0.1, 0.15) is 6.10 Å². The molecule has 1 saturated carbocycles. The highest BCUT2D eigenvalue weighted by Crippen LogP contribution is 2.47. The summed E-state index contributed by atoms with van der Waals surface area (Å²) >= 11 is 7.90. The second-order valence-corrected chi connectivity index (χ2v) is 8.62. The Morgan fingerprint density at radius 3 is 2.80 bits per heavy atom. The Balaban J connectivity index is 1.73. The van der Waals surface area contributed by atoms with E-state index in [0.29, 0.717) is 27.4 Å². The Labute approximate surface area is 155 Å². The van der Waals surface area contributed by atoms with E-state index < -0.39 is 5.79 Å². The van der Waals surface area contributed by atoms with Crippen LogP contribution in [-0.4, -0.2) is 48.7 Å². The molecule has 136 valence electrons. The first kappa shape index (κ1) is 17.5. The fourth-order valence-corrected chi connectivity index (χ4v) is 4.65. The van der Waals surface area contributed by atoms with Crippen LogP contribution >= 0.6 is 23.4 Å². The summed E-state index contributed by atoms with van der Waals surface area (Å²) in [5, 5.41) is 9.56. The molecular weight excluding hydrogens is 362 g/mol. The minimum absolute atomic E-state index is 0.0294. The van der Waals surface area contributed by atoms with Crippen molar-refractivity contribution in [3.63, 3.8) is 0 Å². The summed E-state index contributed by atoms with van der Waals surface area (Å²) < 4.78 is 14.1. The third kappa shape index (κ3) is 3.03. The summed E-state index contributed by atoms with van der Waals surface area (Å²) in [5.41, 5.74) is 1.21. The molecule has 0 spiro atoms. The lowest BCUT2D eigenvalue weighted by Crippen LogP contribution is -2.28. The lowest BCUT2D eigenvalue weighted by atomic mass is 10.1. The van der Waals surface area contributed by atoms with Crippen LogP contribution in [0.2, 0.25) is 5.15 Å². The zero-order valence-corrected chi connectivity index (χ0v) is 16.3. The van der Waals surface area contributed by atoms with Crippen molar-refractivity contribution in [3.8, 4) is 0 Å². The molecule has 0 bridgehead atoms. The summed E-state index contributed by atoms with van der Waals surface area (Å²) in [5.74, 6) is 0.745. The SMILES string of the molecule is CCCSc1nc(Cl)c2nnn(C3CC(C)[C@H]4OC(C)(C)O[C@@H]34)c2n1. The van der Waals surface area contributed by atoms with Gasteiger partial charge in [0.2, 0.25) is 0 Å². The van der Waals surface area contributed by atoms with Crippen molar-refractivity contribution < 1.29 is 9.47 Å². The van der Waals surface area contributed by atoms with Crippen LogP contribution in [0.25, 0.3) is 11.2 Å². The van der Waals surface area contributed by atoms with E-state index >= 15 is 0 Å². The first-order chi connectivity index (χ1) is 11.9. The number of hydrogen-bond acceptors (Lipinski definition) is 7. The van der Waals surface area contributed by atoms with Gasteiger partial charge in [0.25, 0.3) is 0 Å². The molecular formula is C16H22ClN5O2S. The molecule has 2 fully saturated rings. The van der Waals surface area contributed by atoms with Gasteiger partial charge in [-0.1, -0.05) is 42.4 Å². The molecule has 9 heteroatoms. The van der Waals surface area contributed by atoms with Gasteiger partial charge in [-0.3, -0.25) is 0 Å². The molecule has 2 aromatic rings. The number of aromatic nitrogens is 5. The van der Waals surface area contributed by atoms with Crippen LogP contribution in [-0.2, 0) is 9.47 Å². The highest BCUT2D eigenvalue weighted by Gasteiger charge is 2.53. The summed E-state index contributed by atoms with van der Waals surface area (Å²) in [4.78, 5) is 8.99. The summed E-state index contributed by atoms with van der Waals surface area (Å²) in [6.45, 7) is 8.21. The molecule has 4 atom stereocenters. The van der Waals surface area contributed by atoms with E-state index in [1.165, 1.54) is 0 Å². The molecule has 0 aromatic carbocycles. The normalized spacial score (nSPS) is 30.9. The Morgan fingerprint density at radius 1 is 1.28 bits per heavy atom. The van der Waals surface area contributed by atoms with Gasteiger partial charge in [-0.25, -0.2) is 14.6 Å². The maximum Gasteiger partial charge on any atom is 0.191 e. The van der Waals surface area contributed by atoms with E-state index in [2.05, 4.69) is 34.1 Å². The van der Waals surface area contributed by atoms with Crippen LogP contribution < -0.4 is 0 Å². The Kier molecular flexibility index (Phi) is 4.42. The Bertz CT molecular complexity index is 798. The lowest BCUT2D eigenvalue weighted by Gasteiger charge is -2.22. The van der Waals surface area contributed by atoms with Crippen molar-refractivity contribution in [1.82, 2.24) is 25.0 Å². The molecule has 4 rings (SSSR count). The number of hydrogen-bond donors (Lipinski definition) is 0. The minimum Gasteiger partial charge on any atom is -0.344 e. The van der Waals surface area contributed by atoms with Crippen LogP contribution in [0, 0.1) is 5.92 Å². The quantitative estimate of drug-likeness (QED) is 0.454. The molecule has 0 amide bonds. The van der Waals surface area contributed by atoms with Gasteiger partial charge in [-0.15, -0.1) is 5.10 Å². The fraction of sp³-hybridized carbons (Fsp3) is 0.750. The van der Waals surface area contributed by atoms with E-state index in [4.69, 9.17) is 21.1 Å². The number of halogens is 1. The highest BCUT2D eigenvalue weighted by atomic mass is 35.5. The molecule has 0 radical (unpaired) electrons. The highest BCUT2D eigenvalue weighted by molar-refractivity contribution is 7.99. The van der Waals surface area contributed by atoms with Gasteiger partial charge in [0.15, 0.2) is 27.3 Å². The van der Waals surface area contributed by atoms with Gasteiger partial charge in [0, 0.05) is 5.75 Å². The number of ether oxygens (including phenoxy) is 2. The van der Waals surface area contributed by atoms with Crippen LogP contribution in [0.3, 0.4) is 0 Å². The topological polar surface area (TPSA) is 75.0 Å². The number of fused-ring (bicyclic) bond motifs is 2. The number of rotatable bonds is 4. The lowest BCUT2D eigenvalue weighted by molar-refractivity contribution is -0.159. The number of thioether (sulfide) groups is 1. The molecule has 0 N–H and O–H groups in total. The summed E-state index contributed by atoms with van der Waals surface area (Å²) in [6.07, 6.45) is 1.95. The first-order valence-corrected chi connectivity index (χ1v) is 10.0. The maximum absolute atomic E-state index is 6.31. The molecule has 1 saturated heterocycles. The third-order valence-electron chi connectivity index (χ3n) is 4.73. The van der Waals surface area contributed by atoms with Gasteiger partial charge < -0.3 is 9.47 Å². The van der Waals surface area contributed by atoms with Crippen LogP contribution in [0.15, 0.2) is 5.16 Å². The Hall–Kier alpha value is -0.960. The molecule has 2 aromatic heterocycles. The monoisotopic (exact) mass is 383 g/mol. The zero-order valence-electron chi connectivity index (χ0n) is 14.8. The smallest absolute Gasteiger partial charge is 0.191 e. The molecule has 7 nitrogen and oxygen atoms in total. The first-order valence-electron chi connectivity index (χ1n) is 8.66. The van der Waals surface area contributed by atoms with Crippen molar-refractivity contribution in [2.45, 2.75) is 69.7 Å². The van der Waals surface area contributed by atoms with Gasteiger partial charge in [-0.05, 0) is 32.6 Å². The van der Waals surface area contributed by atoms with E-state index in [0.717, 1.165) is 18.6 Å². The van der Waals surface area contributed by atoms with Crippen LogP contribution in [0.5, 0.6) is 0 Å². The van der Waals surface area contributed by atoms with E-state index in [9.17, 15) is 0 Å². The second kappa shape index (κ2) is 6.33. The average molecular weight is 384 g/mol. The third-order valence-corrected chi connectivity index (χ3v) is 6.04. The predicted octanol–water partition coefficient (Wildman–Crippen LogP) is 3.48. The second-order valence-electron chi connectivity index (χ2n) is 7.20. The molecule has 25 heavy (non-hydrogen) atoms. The molecule has 2 aliphatic rings. The van der Waals surface area contributed by atoms with Crippen LogP contribution in [0.4, 0.5) is 0 Å². The van der Waals surface area contributed by atoms with Crippen LogP contribution in [0.1, 0.15) is 46.6 Å². The van der Waals surface area contributed by atoms with Crippen molar-refractivity contribution in [2.24, 2.45) is 5.92 Å². The summed E-state index contributed by atoms with van der Waals surface area (Å²) in [6, 6.07) is 0.0294. The maximum atomic E-state index is 6.31. The average Bonchev–Trinajstić information content (AvgIpc) is 3.18. The van der Waals surface area contributed by atoms with Gasteiger partial charge in [-0.2, -0.15) is 0 Å². The molecule has 2 unspecified atom stereocenters. The fourth-order valence-electron chi connectivity index (χ4n) is 3.70. The summed E-state index contributed by atoms with van der Waals surface area (Å²) in [7, 11) is 0. The Morgan fingerprint density at radius 2 is 2.04 bits per heavy atom. The standard InChI is InChI=1S/C16H22ClN5O2S/c1-5-6-25-15-18-13(17)10-14(19-15)22(21-20-10)9-7-8(2)11-12(9)24-16(3,4)23-11/h8-9,11-12H,5-7H2,1-4H3/t8?,9?,11-,12+/m1/s1. The minimum atomic E-state index is -0.576. The van der Waals surface area contributed by atoms with Gasteiger partial charge >= 0.3 is 0 Å². The van der Waals surface area contributed by atoms with E-state index in [1.807, 2.05) is 18.5 Å². The van der Waals surface area contributed by atoms with Crippen molar-refractivity contribution >= 4 is 34.5 Å². The largest absolute Gasteiger partial charge is 0.344 e. The molecule has 1 aliphatic heterocycles. The van der Waals surface area contributed by atoms with E-state index in [1.54, 1.807) is 11.8 Å². The van der Waals surface area contributed by atoms with Crippen molar-refractivity contribution in [1.29, 1.82) is 0 Å². The van der Waals surface area contributed by atoms with E-state index in [-0.39, 0.29) is 18.2 Å². The van der Waals surface area contributed by atoms with Crippen molar-refractivity contribution in [3.05, 3.63) is 5.15 Å². The number of nitrogens with zero attached hydrogens (tertiary/aromatic N) is 5. The van der Waals surface area contributed by atoms with Crippen molar-refractivity contribution in [2.75, 3.05) is 5.75 Å². The zero-order chi connectivity index (χ0) is 17.8. The van der Waals surface area contributed by atoms with Gasteiger partial charge in [0.05, 0.1) is 12.1 Å². The molecule has 1 aliphatic carbocycles. The predicted molar refractivity (Wildman–Crippen MR) is 95.8 cm³/mol. The molecule has 3 heterocycles.